The first kappa shape index (κ1) is 26.8. The number of halogens is 1. The van der Waals surface area contributed by atoms with E-state index in [1.165, 1.54) is 27.8 Å². The van der Waals surface area contributed by atoms with Crippen LogP contribution in [-0.4, -0.2) is 0 Å². The van der Waals surface area contributed by atoms with E-state index >= 15 is 0 Å². The van der Waals surface area contributed by atoms with Crippen LogP contribution in [0.15, 0.2) is 174 Å². The van der Waals surface area contributed by atoms with Crippen molar-refractivity contribution in [1.82, 2.24) is 0 Å². The highest BCUT2D eigenvalue weighted by Crippen LogP contribution is 2.56. The molecule has 0 saturated heterocycles. The molecule has 3 heteroatoms. The van der Waals surface area contributed by atoms with Crippen LogP contribution < -0.4 is 4.90 Å². The predicted molar refractivity (Wildman–Crippen MR) is 191 cm³/mol. The second-order valence-corrected chi connectivity index (χ2v) is 12.3. The van der Waals surface area contributed by atoms with Gasteiger partial charge in [0.1, 0.15) is 11.2 Å². The van der Waals surface area contributed by atoms with Gasteiger partial charge in [0.25, 0.3) is 0 Å². The Morgan fingerprint density at radius 3 is 1.78 bits per heavy atom. The summed E-state index contributed by atoms with van der Waals surface area (Å²) in [6.07, 6.45) is 0. The van der Waals surface area contributed by atoms with Gasteiger partial charge in [0.2, 0.25) is 0 Å². The van der Waals surface area contributed by atoms with E-state index in [9.17, 15) is 0 Å². The lowest BCUT2D eigenvalue weighted by molar-refractivity contribution is 0.669. The standard InChI is InChI=1S/C43H28ClNO/c44-31-14-10-12-29(26-31)43(39-21-7-4-18-35(39)36-19-5-8-22-40(36)43)30-13-11-17-33(27-30)45(32-15-2-1-3-16-32)34-24-25-38-37-20-6-9-23-41(37)46-42(38)28-34/h1-28H. The highest BCUT2D eigenvalue weighted by molar-refractivity contribution is 6.30. The molecule has 0 amide bonds. The summed E-state index contributed by atoms with van der Waals surface area (Å²) < 4.78 is 6.34. The van der Waals surface area contributed by atoms with Gasteiger partial charge in [-0.2, -0.15) is 0 Å². The van der Waals surface area contributed by atoms with Crippen LogP contribution >= 0.6 is 11.6 Å². The van der Waals surface area contributed by atoms with Crippen molar-refractivity contribution in [3.05, 3.63) is 197 Å². The molecule has 1 aliphatic carbocycles. The molecule has 0 aliphatic heterocycles. The molecule has 0 saturated carbocycles. The van der Waals surface area contributed by atoms with Gasteiger partial charge in [-0.25, -0.2) is 0 Å². The van der Waals surface area contributed by atoms with Gasteiger partial charge >= 0.3 is 0 Å². The summed E-state index contributed by atoms with van der Waals surface area (Å²) in [5.41, 5.74) is 11.7. The van der Waals surface area contributed by atoms with E-state index in [4.69, 9.17) is 16.0 Å². The Balaban J connectivity index is 1.30. The van der Waals surface area contributed by atoms with E-state index < -0.39 is 5.41 Å². The average molecular weight is 610 g/mol. The molecular weight excluding hydrogens is 582 g/mol. The lowest BCUT2D eigenvalue weighted by atomic mass is 9.67. The van der Waals surface area contributed by atoms with E-state index in [-0.39, 0.29) is 0 Å². The lowest BCUT2D eigenvalue weighted by Gasteiger charge is -2.35. The molecule has 0 unspecified atom stereocenters. The summed E-state index contributed by atoms with van der Waals surface area (Å²) in [4.78, 5) is 2.31. The molecule has 0 atom stereocenters. The van der Waals surface area contributed by atoms with E-state index in [1.54, 1.807) is 0 Å². The molecule has 7 aromatic carbocycles. The Kier molecular flexibility index (Phi) is 6.12. The zero-order valence-electron chi connectivity index (χ0n) is 24.9. The summed E-state index contributed by atoms with van der Waals surface area (Å²) in [5.74, 6) is 0. The van der Waals surface area contributed by atoms with Gasteiger partial charge in [0.15, 0.2) is 0 Å². The Morgan fingerprint density at radius 2 is 1.02 bits per heavy atom. The summed E-state index contributed by atoms with van der Waals surface area (Å²) in [6, 6.07) is 60.2. The molecule has 46 heavy (non-hydrogen) atoms. The quantitative estimate of drug-likeness (QED) is 0.193. The number of rotatable bonds is 5. The number of hydrogen-bond acceptors (Lipinski definition) is 2. The number of hydrogen-bond donors (Lipinski definition) is 0. The smallest absolute Gasteiger partial charge is 0.137 e. The topological polar surface area (TPSA) is 16.4 Å². The van der Waals surface area contributed by atoms with Crippen LogP contribution in [0, 0.1) is 0 Å². The molecule has 8 aromatic rings. The average Bonchev–Trinajstić information content (AvgIpc) is 3.63. The first-order chi connectivity index (χ1) is 22.7. The maximum absolute atomic E-state index is 6.73. The lowest BCUT2D eigenvalue weighted by Crippen LogP contribution is -2.29. The van der Waals surface area contributed by atoms with Crippen LogP contribution in [0.4, 0.5) is 17.1 Å². The molecular formula is C43H28ClNO. The number of furan rings is 1. The highest BCUT2D eigenvalue weighted by atomic mass is 35.5. The minimum absolute atomic E-state index is 0.556. The van der Waals surface area contributed by atoms with E-state index in [0.29, 0.717) is 0 Å². The first-order valence-corrected chi connectivity index (χ1v) is 15.9. The van der Waals surface area contributed by atoms with Crippen LogP contribution in [-0.2, 0) is 5.41 Å². The number of benzene rings is 7. The maximum atomic E-state index is 6.73. The minimum atomic E-state index is -0.556. The van der Waals surface area contributed by atoms with Gasteiger partial charge in [-0.05, 0) is 88.0 Å². The zero-order valence-corrected chi connectivity index (χ0v) is 25.7. The molecule has 9 rings (SSSR count). The van der Waals surface area contributed by atoms with Crippen molar-refractivity contribution in [2.45, 2.75) is 5.41 Å². The van der Waals surface area contributed by atoms with Crippen LogP contribution in [0.2, 0.25) is 5.02 Å². The molecule has 0 radical (unpaired) electrons. The summed E-state index contributed by atoms with van der Waals surface area (Å²) in [7, 11) is 0. The highest BCUT2D eigenvalue weighted by Gasteiger charge is 2.46. The van der Waals surface area contributed by atoms with Gasteiger partial charge in [0.05, 0.1) is 5.41 Å². The molecule has 0 spiro atoms. The Morgan fingerprint density at radius 1 is 0.435 bits per heavy atom. The van der Waals surface area contributed by atoms with Crippen LogP contribution in [0.5, 0.6) is 0 Å². The first-order valence-electron chi connectivity index (χ1n) is 15.5. The van der Waals surface area contributed by atoms with Gasteiger partial charge in [-0.3, -0.25) is 0 Å². The predicted octanol–water partition coefficient (Wildman–Crippen LogP) is 12.1. The second kappa shape index (κ2) is 10.5. The largest absolute Gasteiger partial charge is 0.456 e. The molecule has 0 bridgehead atoms. The van der Waals surface area contributed by atoms with Crippen molar-refractivity contribution in [2.24, 2.45) is 0 Å². The van der Waals surface area contributed by atoms with Crippen molar-refractivity contribution in [1.29, 1.82) is 0 Å². The fourth-order valence-corrected chi connectivity index (χ4v) is 7.69. The maximum Gasteiger partial charge on any atom is 0.137 e. The van der Waals surface area contributed by atoms with E-state index in [0.717, 1.165) is 49.6 Å². The number of para-hydroxylation sites is 2. The van der Waals surface area contributed by atoms with Crippen molar-refractivity contribution < 1.29 is 4.42 Å². The fraction of sp³-hybridized carbons (Fsp3) is 0.0233. The molecule has 1 heterocycles. The Bertz CT molecular complexity index is 2360. The van der Waals surface area contributed by atoms with Gasteiger partial charge in [-0.15, -0.1) is 0 Å². The van der Waals surface area contributed by atoms with E-state index in [1.807, 2.05) is 18.2 Å². The van der Waals surface area contributed by atoms with Gasteiger partial charge < -0.3 is 9.32 Å². The third-order valence-electron chi connectivity index (χ3n) is 9.38. The van der Waals surface area contributed by atoms with Crippen molar-refractivity contribution >= 4 is 50.6 Å². The Hall–Kier alpha value is -5.57. The molecule has 218 valence electrons. The van der Waals surface area contributed by atoms with Crippen LogP contribution in [0.1, 0.15) is 22.3 Å². The van der Waals surface area contributed by atoms with Crippen LogP contribution in [0.3, 0.4) is 0 Å². The fourth-order valence-electron chi connectivity index (χ4n) is 7.50. The molecule has 0 fully saturated rings. The second-order valence-electron chi connectivity index (χ2n) is 11.9. The monoisotopic (exact) mass is 609 g/mol. The van der Waals surface area contributed by atoms with Crippen molar-refractivity contribution in [2.75, 3.05) is 4.90 Å². The summed E-state index contributed by atoms with van der Waals surface area (Å²) in [5, 5.41) is 2.96. The van der Waals surface area contributed by atoms with Crippen molar-refractivity contribution in [3.63, 3.8) is 0 Å². The normalized spacial score (nSPS) is 13.1. The molecule has 1 aromatic heterocycles. The molecule has 0 N–H and O–H groups in total. The number of nitrogens with zero attached hydrogens (tertiary/aromatic N) is 1. The summed E-state index contributed by atoms with van der Waals surface area (Å²) in [6.45, 7) is 0. The third kappa shape index (κ3) is 3.97. The SMILES string of the molecule is Clc1cccc(C2(c3cccc(N(c4ccccc4)c4ccc5c(c4)oc4ccccc45)c3)c3ccccc3-c3ccccc32)c1. The van der Waals surface area contributed by atoms with Crippen molar-refractivity contribution in [3.8, 4) is 11.1 Å². The third-order valence-corrected chi connectivity index (χ3v) is 9.62. The zero-order chi connectivity index (χ0) is 30.7. The molecule has 1 aliphatic rings. The number of anilines is 3. The molecule has 2 nitrogen and oxygen atoms in total. The van der Waals surface area contributed by atoms with E-state index in [2.05, 4.69) is 157 Å². The van der Waals surface area contributed by atoms with Gasteiger partial charge in [-0.1, -0.05) is 121 Å². The number of fused-ring (bicyclic) bond motifs is 6. The minimum Gasteiger partial charge on any atom is -0.456 e. The van der Waals surface area contributed by atoms with Crippen LogP contribution in [0.25, 0.3) is 33.1 Å². The Labute approximate surface area is 272 Å². The summed E-state index contributed by atoms with van der Waals surface area (Å²) >= 11 is 6.73. The van der Waals surface area contributed by atoms with Gasteiger partial charge in [0, 0.05) is 38.9 Å².